The van der Waals surface area contributed by atoms with E-state index in [9.17, 15) is 14.9 Å². The number of nitrogens with zero attached hydrogens (tertiary/aromatic N) is 5. The SMILES string of the molecule is N#Cc1ccc(Cl)cc1-c1ccn(C(CC2CC2)C(=O)Nc2ccc(-c3nn[nH]n3)cc2)c(=O)c1. The molecule has 2 N–H and O–H groups in total. The molecule has 1 fully saturated rings. The molecule has 10 heteroatoms. The minimum absolute atomic E-state index is 0.264. The lowest BCUT2D eigenvalue weighted by atomic mass is 10.0. The number of hydrogen-bond donors (Lipinski definition) is 2. The number of amides is 1. The van der Waals surface area contributed by atoms with Gasteiger partial charge < -0.3 is 9.88 Å². The van der Waals surface area contributed by atoms with Crippen LogP contribution in [0.15, 0.2) is 65.6 Å². The van der Waals surface area contributed by atoms with Gasteiger partial charge >= 0.3 is 0 Å². The van der Waals surface area contributed by atoms with E-state index in [-0.39, 0.29) is 11.5 Å². The summed E-state index contributed by atoms with van der Waals surface area (Å²) in [5, 5.41) is 26.7. The second-order valence-corrected chi connectivity index (χ2v) is 8.90. The van der Waals surface area contributed by atoms with Gasteiger partial charge in [0.05, 0.1) is 11.6 Å². The molecule has 2 heterocycles. The zero-order valence-corrected chi connectivity index (χ0v) is 19.2. The van der Waals surface area contributed by atoms with Gasteiger partial charge in [-0.25, -0.2) is 0 Å². The highest BCUT2D eigenvalue weighted by Crippen LogP contribution is 2.37. The molecular weight excluding hydrogens is 466 g/mol. The molecule has 174 valence electrons. The van der Waals surface area contributed by atoms with E-state index in [0.717, 1.165) is 18.4 Å². The first-order valence-corrected chi connectivity index (χ1v) is 11.5. The van der Waals surface area contributed by atoms with Gasteiger partial charge in [0, 0.05) is 34.1 Å². The smallest absolute Gasteiger partial charge is 0.251 e. The van der Waals surface area contributed by atoms with Crippen molar-refractivity contribution in [3.63, 3.8) is 0 Å². The van der Waals surface area contributed by atoms with E-state index in [1.54, 1.807) is 54.7 Å². The molecule has 9 nitrogen and oxygen atoms in total. The van der Waals surface area contributed by atoms with Gasteiger partial charge in [0.2, 0.25) is 11.7 Å². The summed E-state index contributed by atoms with van der Waals surface area (Å²) in [6.07, 6.45) is 4.28. The lowest BCUT2D eigenvalue weighted by Crippen LogP contribution is -2.33. The average Bonchev–Trinajstić information content (AvgIpc) is 3.52. The van der Waals surface area contributed by atoms with Crippen molar-refractivity contribution in [2.75, 3.05) is 5.32 Å². The molecule has 0 radical (unpaired) electrons. The topological polar surface area (TPSA) is 129 Å². The number of carbonyl (C=O) groups excluding carboxylic acids is 1. The molecule has 1 unspecified atom stereocenters. The Morgan fingerprint density at radius 3 is 2.63 bits per heavy atom. The third kappa shape index (κ3) is 4.98. The zero-order chi connectivity index (χ0) is 24.4. The van der Waals surface area contributed by atoms with Crippen LogP contribution >= 0.6 is 11.6 Å². The Bertz CT molecular complexity index is 1470. The van der Waals surface area contributed by atoms with Crippen molar-refractivity contribution < 1.29 is 4.79 Å². The number of carbonyl (C=O) groups is 1. The van der Waals surface area contributed by atoms with Gasteiger partial charge in [-0.05, 0) is 71.6 Å². The minimum atomic E-state index is -0.657. The molecule has 2 aromatic carbocycles. The Labute approximate surface area is 205 Å². The predicted molar refractivity (Wildman–Crippen MR) is 130 cm³/mol. The number of tetrazole rings is 1. The monoisotopic (exact) mass is 485 g/mol. The molecule has 1 atom stereocenters. The van der Waals surface area contributed by atoms with E-state index in [1.807, 2.05) is 0 Å². The summed E-state index contributed by atoms with van der Waals surface area (Å²) in [5.41, 5.74) is 2.62. The van der Waals surface area contributed by atoms with Crippen LogP contribution in [-0.4, -0.2) is 31.1 Å². The van der Waals surface area contributed by atoms with Crippen LogP contribution in [0.5, 0.6) is 0 Å². The summed E-state index contributed by atoms with van der Waals surface area (Å²) < 4.78 is 1.46. The standard InChI is InChI=1S/C25H20ClN7O2/c26-19-6-3-18(14-27)21(13-19)17-9-10-33(23(34)12-17)22(11-15-1-2-15)25(35)28-20-7-4-16(5-8-20)24-29-31-32-30-24/h3-10,12-13,15,22H,1-2,11H2,(H,28,35)(H,29,30,31,32). The van der Waals surface area contributed by atoms with E-state index >= 15 is 0 Å². The number of hydrogen-bond acceptors (Lipinski definition) is 6. The summed E-state index contributed by atoms with van der Waals surface area (Å²) in [4.78, 5) is 26.4. The third-order valence-corrected chi connectivity index (χ3v) is 6.24. The van der Waals surface area contributed by atoms with Crippen LogP contribution in [0.3, 0.4) is 0 Å². The van der Waals surface area contributed by atoms with Crippen molar-refractivity contribution >= 4 is 23.2 Å². The van der Waals surface area contributed by atoms with Crippen molar-refractivity contribution in [3.05, 3.63) is 81.7 Å². The largest absolute Gasteiger partial charge is 0.324 e. The second-order valence-electron chi connectivity index (χ2n) is 8.46. The second kappa shape index (κ2) is 9.52. The minimum Gasteiger partial charge on any atom is -0.324 e. The van der Waals surface area contributed by atoms with Crippen LogP contribution in [0.4, 0.5) is 5.69 Å². The first kappa shape index (κ1) is 22.5. The molecule has 0 bridgehead atoms. The van der Waals surface area contributed by atoms with E-state index in [0.29, 0.717) is 45.6 Å². The molecule has 5 rings (SSSR count). The molecule has 0 spiro atoms. The number of anilines is 1. The fourth-order valence-corrected chi connectivity index (χ4v) is 4.17. The van der Waals surface area contributed by atoms with E-state index in [2.05, 4.69) is 32.0 Å². The summed E-state index contributed by atoms with van der Waals surface area (Å²) in [6, 6.07) is 16.7. The number of aromatic amines is 1. The van der Waals surface area contributed by atoms with Crippen LogP contribution in [0.25, 0.3) is 22.5 Å². The number of benzene rings is 2. The molecule has 1 aliphatic carbocycles. The number of rotatable bonds is 7. The van der Waals surface area contributed by atoms with Crippen LogP contribution in [0, 0.1) is 17.2 Å². The van der Waals surface area contributed by atoms with Crippen LogP contribution in [0.1, 0.15) is 30.9 Å². The molecule has 0 aliphatic heterocycles. The van der Waals surface area contributed by atoms with Gasteiger partial charge in [0.15, 0.2) is 0 Å². The number of H-pyrrole nitrogens is 1. The van der Waals surface area contributed by atoms with Gasteiger partial charge in [-0.1, -0.05) is 24.4 Å². The van der Waals surface area contributed by atoms with Gasteiger partial charge in [-0.3, -0.25) is 9.59 Å². The summed E-state index contributed by atoms with van der Waals surface area (Å²) in [5.74, 6) is 0.607. The highest BCUT2D eigenvalue weighted by molar-refractivity contribution is 6.30. The summed E-state index contributed by atoms with van der Waals surface area (Å²) >= 11 is 6.11. The molecule has 2 aromatic heterocycles. The number of halogens is 1. The van der Waals surface area contributed by atoms with Crippen molar-refractivity contribution in [1.82, 2.24) is 25.2 Å². The Morgan fingerprint density at radius 1 is 1.17 bits per heavy atom. The van der Waals surface area contributed by atoms with Gasteiger partial charge in [0.25, 0.3) is 5.56 Å². The maximum atomic E-state index is 13.3. The number of aromatic nitrogens is 5. The maximum absolute atomic E-state index is 13.3. The third-order valence-electron chi connectivity index (χ3n) is 6.01. The van der Waals surface area contributed by atoms with Crippen molar-refractivity contribution in [2.24, 2.45) is 5.92 Å². The average molecular weight is 486 g/mol. The summed E-state index contributed by atoms with van der Waals surface area (Å²) in [7, 11) is 0. The van der Waals surface area contributed by atoms with Crippen molar-refractivity contribution in [1.29, 1.82) is 5.26 Å². The van der Waals surface area contributed by atoms with Crippen LogP contribution in [-0.2, 0) is 4.79 Å². The first-order chi connectivity index (χ1) is 17.0. The molecule has 1 amide bonds. The van der Waals surface area contributed by atoms with E-state index < -0.39 is 6.04 Å². The molecule has 4 aromatic rings. The lowest BCUT2D eigenvalue weighted by molar-refractivity contribution is -0.119. The van der Waals surface area contributed by atoms with Crippen LogP contribution in [0.2, 0.25) is 5.02 Å². The maximum Gasteiger partial charge on any atom is 0.251 e. The highest BCUT2D eigenvalue weighted by atomic mass is 35.5. The normalized spacial score (nSPS) is 13.7. The molecule has 0 saturated heterocycles. The Balaban J connectivity index is 1.40. The Morgan fingerprint density at radius 2 is 1.97 bits per heavy atom. The number of nitriles is 1. The fourth-order valence-electron chi connectivity index (χ4n) is 4.00. The quantitative estimate of drug-likeness (QED) is 0.403. The van der Waals surface area contributed by atoms with Crippen molar-refractivity contribution in [3.8, 4) is 28.6 Å². The molecule has 35 heavy (non-hydrogen) atoms. The fraction of sp³-hybridized carbons (Fsp3) is 0.200. The zero-order valence-electron chi connectivity index (χ0n) is 18.5. The van der Waals surface area contributed by atoms with Crippen LogP contribution < -0.4 is 10.9 Å². The lowest BCUT2D eigenvalue weighted by Gasteiger charge is -2.20. The van der Waals surface area contributed by atoms with E-state index in [4.69, 9.17) is 11.6 Å². The number of pyridine rings is 1. The molecule has 1 aliphatic rings. The predicted octanol–water partition coefficient (Wildman–Crippen LogP) is 4.20. The van der Waals surface area contributed by atoms with E-state index in [1.165, 1.54) is 10.6 Å². The molecular formula is C25H20ClN7O2. The summed E-state index contributed by atoms with van der Waals surface area (Å²) in [6.45, 7) is 0. The Kier molecular flexibility index (Phi) is 6.12. The Hall–Kier alpha value is -4.29. The number of nitrogens with one attached hydrogen (secondary N) is 2. The van der Waals surface area contributed by atoms with Gasteiger partial charge in [-0.2, -0.15) is 10.5 Å². The molecule has 1 saturated carbocycles. The first-order valence-electron chi connectivity index (χ1n) is 11.1. The highest BCUT2D eigenvalue weighted by Gasteiger charge is 2.31. The van der Waals surface area contributed by atoms with Crippen molar-refractivity contribution in [2.45, 2.75) is 25.3 Å². The van der Waals surface area contributed by atoms with Gasteiger partial charge in [-0.15, -0.1) is 10.2 Å². The van der Waals surface area contributed by atoms with Gasteiger partial charge in [0.1, 0.15) is 6.04 Å².